The molecule has 0 bridgehead atoms. The van der Waals surface area contributed by atoms with Crippen LogP contribution >= 0.6 is 0 Å². The normalized spacial score (nSPS) is 13.4. The van der Waals surface area contributed by atoms with Gasteiger partial charge >= 0.3 is 0 Å². The number of benzene rings is 2. The Morgan fingerprint density at radius 2 is 1.80 bits per heavy atom. The lowest BCUT2D eigenvalue weighted by molar-refractivity contribution is -0.115. The van der Waals surface area contributed by atoms with Crippen molar-refractivity contribution in [1.82, 2.24) is 5.32 Å². The Bertz CT molecular complexity index is 790. The average molecular weight is 340 g/mol. The number of fused-ring (bicyclic) bond motifs is 1. The lowest BCUT2D eigenvalue weighted by Gasteiger charge is -2.15. The molecule has 0 radical (unpaired) electrons. The van der Waals surface area contributed by atoms with Crippen molar-refractivity contribution < 1.29 is 19.1 Å². The molecule has 0 aromatic heterocycles. The highest BCUT2D eigenvalue weighted by Gasteiger charge is 2.20. The molecule has 0 saturated carbocycles. The van der Waals surface area contributed by atoms with Crippen LogP contribution in [0.1, 0.15) is 35.8 Å². The summed E-state index contributed by atoms with van der Waals surface area (Å²) in [4.78, 5) is 24.1. The molecule has 3 rings (SSSR count). The predicted octanol–water partition coefficient (Wildman–Crippen LogP) is 2.91. The van der Waals surface area contributed by atoms with E-state index in [2.05, 4.69) is 10.6 Å². The quantitative estimate of drug-likeness (QED) is 0.791. The molecule has 0 aliphatic carbocycles. The number of Topliss-reactive ketones (excluding diaryl/α,β-unsaturated/α-hetero) is 1. The Hall–Kier alpha value is -2.86. The molecule has 6 heteroatoms. The summed E-state index contributed by atoms with van der Waals surface area (Å²) in [6, 6.07) is 13.1. The van der Waals surface area contributed by atoms with Crippen molar-refractivity contribution >= 4 is 17.4 Å². The number of hydrogen-bond acceptors (Lipinski definition) is 5. The molecule has 1 aliphatic rings. The van der Waals surface area contributed by atoms with Gasteiger partial charge < -0.3 is 20.1 Å². The fraction of sp³-hybridized carbons (Fsp3) is 0.263. The smallest absolute Gasteiger partial charge is 0.238 e. The van der Waals surface area contributed by atoms with Gasteiger partial charge in [0.25, 0.3) is 0 Å². The van der Waals surface area contributed by atoms with Crippen LogP contribution in [-0.2, 0) is 4.79 Å². The maximum atomic E-state index is 12.3. The number of nitrogens with one attached hydrogen (secondary N) is 2. The summed E-state index contributed by atoms with van der Waals surface area (Å²) in [6.07, 6.45) is 0. The fourth-order valence-electron chi connectivity index (χ4n) is 2.64. The summed E-state index contributed by atoms with van der Waals surface area (Å²) in [5.41, 5.74) is 1.92. The van der Waals surface area contributed by atoms with Gasteiger partial charge in [-0.1, -0.05) is 30.3 Å². The van der Waals surface area contributed by atoms with Gasteiger partial charge in [-0.3, -0.25) is 9.59 Å². The van der Waals surface area contributed by atoms with E-state index in [4.69, 9.17) is 9.47 Å². The zero-order chi connectivity index (χ0) is 17.8. The van der Waals surface area contributed by atoms with Gasteiger partial charge in [-0.15, -0.1) is 0 Å². The molecular formula is C19H20N2O4. The highest BCUT2D eigenvalue weighted by atomic mass is 16.7. The summed E-state index contributed by atoms with van der Waals surface area (Å²) < 4.78 is 10.6. The van der Waals surface area contributed by atoms with E-state index in [1.54, 1.807) is 12.1 Å². The second-order valence-electron chi connectivity index (χ2n) is 5.87. The number of hydrogen-bond donors (Lipinski definition) is 2. The van der Waals surface area contributed by atoms with Gasteiger partial charge in [-0.2, -0.15) is 0 Å². The van der Waals surface area contributed by atoms with E-state index in [0.29, 0.717) is 22.7 Å². The van der Waals surface area contributed by atoms with E-state index < -0.39 is 0 Å². The van der Waals surface area contributed by atoms with Crippen LogP contribution in [-0.4, -0.2) is 25.0 Å². The van der Waals surface area contributed by atoms with Crippen LogP contribution in [0.15, 0.2) is 42.5 Å². The minimum absolute atomic E-state index is 0.0379. The third kappa shape index (κ3) is 3.97. The van der Waals surface area contributed by atoms with Gasteiger partial charge in [0.2, 0.25) is 12.7 Å². The van der Waals surface area contributed by atoms with Crippen molar-refractivity contribution in [2.24, 2.45) is 0 Å². The van der Waals surface area contributed by atoms with Crippen LogP contribution in [0.3, 0.4) is 0 Å². The molecule has 1 heterocycles. The van der Waals surface area contributed by atoms with Crippen molar-refractivity contribution in [1.29, 1.82) is 0 Å². The highest BCUT2D eigenvalue weighted by molar-refractivity contribution is 6.05. The molecule has 0 spiro atoms. The van der Waals surface area contributed by atoms with Crippen LogP contribution in [0.4, 0.5) is 5.69 Å². The summed E-state index contributed by atoms with van der Waals surface area (Å²) >= 11 is 0. The van der Waals surface area contributed by atoms with E-state index in [0.717, 1.165) is 5.56 Å². The summed E-state index contributed by atoms with van der Waals surface area (Å²) in [5.74, 6) is 0.647. The minimum Gasteiger partial charge on any atom is -0.454 e. The van der Waals surface area contributed by atoms with Crippen molar-refractivity contribution in [3.8, 4) is 11.5 Å². The lowest BCUT2D eigenvalue weighted by Crippen LogP contribution is -2.30. The Morgan fingerprint density at radius 3 is 2.48 bits per heavy atom. The maximum Gasteiger partial charge on any atom is 0.238 e. The van der Waals surface area contributed by atoms with Crippen molar-refractivity contribution in [2.45, 2.75) is 19.9 Å². The Morgan fingerprint density at radius 1 is 1.12 bits per heavy atom. The lowest BCUT2D eigenvalue weighted by atomic mass is 10.1. The minimum atomic E-state index is -0.232. The molecule has 1 atom stereocenters. The number of rotatable bonds is 6. The molecule has 2 N–H and O–H groups in total. The molecule has 1 amide bonds. The standard InChI is InChI=1S/C19H20N2O4/c1-12(14-6-4-3-5-7-14)20-10-19(23)21-16-9-18-17(24-11-25-18)8-15(16)13(2)22/h3-9,12,20H,10-11H2,1-2H3,(H,21,23)/t12-/m1/s1. The fourth-order valence-corrected chi connectivity index (χ4v) is 2.64. The first-order valence-corrected chi connectivity index (χ1v) is 8.07. The molecule has 0 unspecified atom stereocenters. The zero-order valence-electron chi connectivity index (χ0n) is 14.2. The van der Waals surface area contributed by atoms with E-state index in [1.165, 1.54) is 6.92 Å². The topological polar surface area (TPSA) is 76.7 Å². The van der Waals surface area contributed by atoms with E-state index in [9.17, 15) is 9.59 Å². The number of ketones is 1. The largest absolute Gasteiger partial charge is 0.454 e. The molecule has 25 heavy (non-hydrogen) atoms. The Labute approximate surface area is 146 Å². The molecule has 1 aliphatic heterocycles. The van der Waals surface area contributed by atoms with Gasteiger partial charge in [-0.25, -0.2) is 0 Å². The summed E-state index contributed by atoms with van der Waals surface area (Å²) in [5, 5.41) is 5.94. The average Bonchev–Trinajstić information content (AvgIpc) is 3.07. The first kappa shape index (κ1) is 17.0. The van der Waals surface area contributed by atoms with Crippen LogP contribution in [0.2, 0.25) is 0 Å². The molecule has 130 valence electrons. The number of ether oxygens (including phenoxy) is 2. The number of carbonyl (C=O) groups excluding carboxylic acids is 2. The molecule has 0 saturated heterocycles. The molecule has 2 aromatic carbocycles. The zero-order valence-corrected chi connectivity index (χ0v) is 14.2. The van der Waals surface area contributed by atoms with Crippen LogP contribution in [0, 0.1) is 0 Å². The second-order valence-corrected chi connectivity index (χ2v) is 5.87. The van der Waals surface area contributed by atoms with Gasteiger partial charge in [0.05, 0.1) is 12.2 Å². The Balaban J connectivity index is 1.66. The number of carbonyl (C=O) groups is 2. The monoisotopic (exact) mass is 340 g/mol. The van der Waals surface area contributed by atoms with E-state index in [1.807, 2.05) is 37.3 Å². The van der Waals surface area contributed by atoms with E-state index in [-0.39, 0.29) is 31.1 Å². The number of amides is 1. The van der Waals surface area contributed by atoms with Gasteiger partial charge in [0, 0.05) is 17.7 Å². The third-order valence-electron chi connectivity index (χ3n) is 4.03. The molecular weight excluding hydrogens is 320 g/mol. The molecule has 0 fully saturated rings. The highest BCUT2D eigenvalue weighted by Crippen LogP contribution is 2.37. The second kappa shape index (κ2) is 7.36. The van der Waals surface area contributed by atoms with Crippen molar-refractivity contribution in [3.63, 3.8) is 0 Å². The van der Waals surface area contributed by atoms with Crippen LogP contribution in [0.5, 0.6) is 11.5 Å². The summed E-state index contributed by atoms with van der Waals surface area (Å²) in [6.45, 7) is 3.68. The van der Waals surface area contributed by atoms with Crippen molar-refractivity contribution in [2.75, 3.05) is 18.7 Å². The molecule has 2 aromatic rings. The predicted molar refractivity (Wildman–Crippen MR) is 94.1 cm³/mol. The maximum absolute atomic E-state index is 12.3. The number of anilines is 1. The van der Waals surface area contributed by atoms with Crippen molar-refractivity contribution in [3.05, 3.63) is 53.6 Å². The molecule has 6 nitrogen and oxygen atoms in total. The third-order valence-corrected chi connectivity index (χ3v) is 4.03. The first-order chi connectivity index (χ1) is 12.0. The van der Waals surface area contributed by atoms with Crippen LogP contribution < -0.4 is 20.1 Å². The first-order valence-electron chi connectivity index (χ1n) is 8.07. The summed E-state index contributed by atoms with van der Waals surface area (Å²) in [7, 11) is 0. The SMILES string of the molecule is CC(=O)c1cc2c(cc1NC(=O)CN[C@H](C)c1ccccc1)OCO2. The van der Waals surface area contributed by atoms with Gasteiger partial charge in [0.15, 0.2) is 17.3 Å². The van der Waals surface area contributed by atoms with Gasteiger partial charge in [-0.05, 0) is 25.5 Å². The van der Waals surface area contributed by atoms with Gasteiger partial charge in [0.1, 0.15) is 0 Å². The van der Waals surface area contributed by atoms with E-state index >= 15 is 0 Å². The Kier molecular flexibility index (Phi) is 5.00. The van der Waals surface area contributed by atoms with Crippen LogP contribution in [0.25, 0.3) is 0 Å².